The van der Waals surface area contributed by atoms with Gasteiger partial charge in [0.2, 0.25) is 5.91 Å². The highest BCUT2D eigenvalue weighted by Gasteiger charge is 2.16. The van der Waals surface area contributed by atoms with E-state index in [1.54, 1.807) is 31.2 Å². The molecule has 0 unspecified atom stereocenters. The zero-order chi connectivity index (χ0) is 20.3. The number of fused-ring (bicyclic) bond motifs is 1. The number of aryl methyl sites for hydroxylation is 2. The van der Waals surface area contributed by atoms with Crippen LogP contribution >= 0.6 is 0 Å². The molecule has 3 rings (SSSR count). The summed E-state index contributed by atoms with van der Waals surface area (Å²) in [4.78, 5) is 24.5. The van der Waals surface area contributed by atoms with Gasteiger partial charge in [0.25, 0.3) is 0 Å². The molecule has 3 aromatic rings. The number of benzene rings is 2. The maximum Gasteiger partial charge on any atom is 0.339 e. The van der Waals surface area contributed by atoms with Crippen molar-refractivity contribution < 1.29 is 19.4 Å². The highest BCUT2D eigenvalue weighted by molar-refractivity contribution is 5.85. The number of nitrogens with one attached hydrogen (secondary N) is 1. The molecule has 6 nitrogen and oxygen atoms in total. The molecule has 0 radical (unpaired) electrons. The third-order valence-corrected chi connectivity index (χ3v) is 4.95. The molecular formula is C22H23NO5. The first-order valence-corrected chi connectivity index (χ1v) is 9.13. The summed E-state index contributed by atoms with van der Waals surface area (Å²) in [6.45, 7) is 3.60. The van der Waals surface area contributed by atoms with Gasteiger partial charge in [-0.05, 0) is 43.5 Å². The van der Waals surface area contributed by atoms with Gasteiger partial charge in [-0.2, -0.15) is 0 Å². The van der Waals surface area contributed by atoms with Crippen LogP contribution < -0.4 is 10.9 Å². The lowest BCUT2D eigenvalue weighted by Gasteiger charge is -2.13. The van der Waals surface area contributed by atoms with Gasteiger partial charge in [-0.25, -0.2) is 4.79 Å². The number of phenolic OH excluding ortho intramolecular Hbond substituents is 1. The number of rotatable bonds is 6. The predicted octanol–water partition coefficient (Wildman–Crippen LogP) is 2.90. The molecule has 1 atom stereocenters. The molecule has 0 fully saturated rings. The Hall–Kier alpha value is -3.12. The maximum atomic E-state index is 12.4. The molecule has 3 N–H and O–H groups in total. The van der Waals surface area contributed by atoms with Crippen LogP contribution in [0.5, 0.6) is 5.75 Å². The summed E-state index contributed by atoms with van der Waals surface area (Å²) in [5.41, 5.74) is 2.28. The van der Waals surface area contributed by atoms with E-state index in [2.05, 4.69) is 5.32 Å². The molecule has 0 aliphatic rings. The van der Waals surface area contributed by atoms with Gasteiger partial charge in [0.05, 0.1) is 6.10 Å². The van der Waals surface area contributed by atoms with Gasteiger partial charge < -0.3 is 19.9 Å². The van der Waals surface area contributed by atoms with E-state index in [1.165, 1.54) is 0 Å². The van der Waals surface area contributed by atoms with Crippen molar-refractivity contribution in [3.63, 3.8) is 0 Å². The number of carbonyl (C=O) groups is 1. The lowest BCUT2D eigenvalue weighted by molar-refractivity contribution is -0.121. The average Bonchev–Trinajstić information content (AvgIpc) is 2.69. The Morgan fingerprint density at radius 3 is 2.54 bits per heavy atom. The van der Waals surface area contributed by atoms with Crippen LogP contribution in [0.1, 0.15) is 34.8 Å². The van der Waals surface area contributed by atoms with Crippen LogP contribution in [0.15, 0.2) is 51.7 Å². The van der Waals surface area contributed by atoms with E-state index in [9.17, 15) is 19.8 Å². The van der Waals surface area contributed by atoms with Gasteiger partial charge in [-0.15, -0.1) is 0 Å². The summed E-state index contributed by atoms with van der Waals surface area (Å²) < 4.78 is 5.39. The summed E-state index contributed by atoms with van der Waals surface area (Å²) in [6, 6.07) is 12.4. The summed E-state index contributed by atoms with van der Waals surface area (Å²) in [5, 5.41) is 23.3. The second-order valence-corrected chi connectivity index (χ2v) is 6.81. The molecule has 1 heterocycles. The van der Waals surface area contributed by atoms with Gasteiger partial charge in [0.15, 0.2) is 0 Å². The molecule has 28 heavy (non-hydrogen) atoms. The van der Waals surface area contributed by atoms with E-state index in [0.29, 0.717) is 16.7 Å². The van der Waals surface area contributed by atoms with Crippen molar-refractivity contribution in [1.29, 1.82) is 0 Å². The highest BCUT2D eigenvalue weighted by atomic mass is 16.4. The summed E-state index contributed by atoms with van der Waals surface area (Å²) in [5.74, 6) is -0.185. The maximum absolute atomic E-state index is 12.4. The van der Waals surface area contributed by atoms with Crippen molar-refractivity contribution in [1.82, 2.24) is 5.32 Å². The van der Waals surface area contributed by atoms with E-state index >= 15 is 0 Å². The Kier molecular flexibility index (Phi) is 5.80. The fourth-order valence-electron chi connectivity index (χ4n) is 3.20. The van der Waals surface area contributed by atoms with Crippen LogP contribution in [-0.4, -0.2) is 22.7 Å². The highest BCUT2D eigenvalue weighted by Crippen LogP contribution is 2.28. The molecule has 1 amide bonds. The quantitative estimate of drug-likeness (QED) is 0.570. The predicted molar refractivity (Wildman–Crippen MR) is 106 cm³/mol. The van der Waals surface area contributed by atoms with Crippen LogP contribution in [0.25, 0.3) is 11.0 Å². The Morgan fingerprint density at radius 1 is 1.11 bits per heavy atom. The topological polar surface area (TPSA) is 99.8 Å². The summed E-state index contributed by atoms with van der Waals surface area (Å²) in [7, 11) is 0. The summed E-state index contributed by atoms with van der Waals surface area (Å²) in [6.07, 6.45) is -0.444. The largest absolute Gasteiger partial charge is 0.508 e. The zero-order valence-electron chi connectivity index (χ0n) is 15.9. The van der Waals surface area contributed by atoms with Crippen molar-refractivity contribution in [2.24, 2.45) is 0 Å². The number of aliphatic hydroxyl groups excluding tert-OH is 1. The van der Waals surface area contributed by atoms with Crippen LogP contribution in [-0.2, 0) is 11.2 Å². The fraction of sp³-hybridized carbons (Fsp3) is 0.273. The molecule has 0 spiro atoms. The SMILES string of the molecule is Cc1c(CCC(=O)NC[C@@H](O)c2ccccc2)c(=O)oc2c(C)c(O)ccc12. The monoisotopic (exact) mass is 381 g/mol. The molecule has 0 aliphatic carbocycles. The number of carbonyl (C=O) groups excluding carboxylic acids is 1. The third kappa shape index (κ3) is 4.07. The average molecular weight is 381 g/mol. The normalized spacial score (nSPS) is 12.1. The standard InChI is InChI=1S/C22H23NO5/c1-13-16-8-10-18(24)14(2)21(16)28-22(27)17(13)9-11-20(26)23-12-19(25)15-6-4-3-5-7-15/h3-8,10,19,24-25H,9,11-12H2,1-2H3,(H,23,26)/t19-/m1/s1. The Labute approximate surface area is 162 Å². The minimum absolute atomic E-state index is 0.0687. The second kappa shape index (κ2) is 8.27. The number of hydrogen-bond acceptors (Lipinski definition) is 5. The van der Waals surface area contributed by atoms with Gasteiger partial charge in [0.1, 0.15) is 11.3 Å². The number of aromatic hydroxyl groups is 1. The molecule has 146 valence electrons. The first kappa shape index (κ1) is 19.6. The van der Waals surface area contributed by atoms with Gasteiger partial charge in [-0.1, -0.05) is 30.3 Å². The lowest BCUT2D eigenvalue weighted by Crippen LogP contribution is -2.29. The minimum atomic E-state index is -0.784. The molecule has 0 saturated heterocycles. The van der Waals surface area contributed by atoms with Crippen molar-refractivity contribution in [2.45, 2.75) is 32.8 Å². The molecular weight excluding hydrogens is 358 g/mol. The van der Waals surface area contributed by atoms with Gasteiger partial charge in [-0.3, -0.25) is 4.79 Å². The van der Waals surface area contributed by atoms with E-state index in [0.717, 1.165) is 16.5 Å². The molecule has 0 bridgehead atoms. The van der Waals surface area contributed by atoms with E-state index < -0.39 is 11.7 Å². The molecule has 6 heteroatoms. The molecule has 0 aliphatic heterocycles. The second-order valence-electron chi connectivity index (χ2n) is 6.81. The van der Waals surface area contributed by atoms with Gasteiger partial charge >= 0.3 is 5.63 Å². The Bertz CT molecular complexity index is 1060. The number of phenols is 1. The van der Waals surface area contributed by atoms with Crippen molar-refractivity contribution >= 4 is 16.9 Å². The van der Waals surface area contributed by atoms with Crippen molar-refractivity contribution in [3.05, 3.63) is 75.1 Å². The third-order valence-electron chi connectivity index (χ3n) is 4.95. The fourth-order valence-corrected chi connectivity index (χ4v) is 3.20. The van der Waals surface area contributed by atoms with Crippen LogP contribution in [0.2, 0.25) is 0 Å². The van der Waals surface area contributed by atoms with Crippen molar-refractivity contribution in [2.75, 3.05) is 6.54 Å². The van der Waals surface area contributed by atoms with Crippen molar-refractivity contribution in [3.8, 4) is 5.75 Å². The van der Waals surface area contributed by atoms with E-state index in [-0.39, 0.29) is 31.0 Å². The smallest absolute Gasteiger partial charge is 0.339 e. The van der Waals surface area contributed by atoms with E-state index in [1.807, 2.05) is 25.1 Å². The lowest BCUT2D eigenvalue weighted by atomic mass is 10.0. The number of amides is 1. The molecule has 0 saturated carbocycles. The zero-order valence-corrected chi connectivity index (χ0v) is 15.9. The number of hydrogen-bond donors (Lipinski definition) is 3. The Morgan fingerprint density at radius 2 is 1.82 bits per heavy atom. The first-order valence-electron chi connectivity index (χ1n) is 9.13. The van der Waals surface area contributed by atoms with Crippen LogP contribution in [0.3, 0.4) is 0 Å². The van der Waals surface area contributed by atoms with Crippen LogP contribution in [0, 0.1) is 13.8 Å². The number of aliphatic hydroxyl groups is 1. The minimum Gasteiger partial charge on any atom is -0.508 e. The van der Waals surface area contributed by atoms with E-state index in [4.69, 9.17) is 4.42 Å². The molecule has 1 aromatic heterocycles. The molecule has 2 aromatic carbocycles. The van der Waals surface area contributed by atoms with Gasteiger partial charge in [0, 0.05) is 29.5 Å². The summed E-state index contributed by atoms with van der Waals surface area (Å²) >= 11 is 0. The Balaban J connectivity index is 1.67. The van der Waals surface area contributed by atoms with Crippen LogP contribution in [0.4, 0.5) is 0 Å². The first-order chi connectivity index (χ1) is 13.4.